The van der Waals surface area contributed by atoms with Gasteiger partial charge in [-0.25, -0.2) is 24.0 Å². The minimum Gasteiger partial charge on any atom is -0.459 e. The zero-order chi connectivity index (χ0) is 51.6. The Balaban J connectivity index is 1.23. The fourth-order valence-electron chi connectivity index (χ4n) is 8.35. The molecule has 5 N–H and O–H groups in total. The summed E-state index contributed by atoms with van der Waals surface area (Å²) in [4.78, 5) is 69.7. The van der Waals surface area contributed by atoms with E-state index >= 15 is 0 Å². The number of rotatable bonds is 16. The summed E-state index contributed by atoms with van der Waals surface area (Å²) in [5, 5.41) is 54.1. The van der Waals surface area contributed by atoms with Gasteiger partial charge in [0.1, 0.15) is 49.3 Å². The first-order valence-electron chi connectivity index (χ1n) is 23.2. The van der Waals surface area contributed by atoms with Gasteiger partial charge in [0, 0.05) is 0 Å². The average molecular weight is 1010 g/mol. The van der Waals surface area contributed by atoms with Crippen molar-refractivity contribution in [2.75, 3.05) is 13.2 Å². The Kier molecular flexibility index (Phi) is 17.3. The molecule has 3 aliphatic rings. The molecule has 384 valence electrons. The lowest BCUT2D eigenvalue weighted by atomic mass is 9.95. The van der Waals surface area contributed by atoms with Crippen molar-refractivity contribution in [3.8, 4) is 0 Å². The molecule has 0 aromatic heterocycles. The number of aliphatic hydroxyl groups excluding tert-OH is 5. The van der Waals surface area contributed by atoms with Gasteiger partial charge in [-0.05, 0) is 67.6 Å². The molecule has 0 spiro atoms. The highest BCUT2D eigenvalue weighted by Gasteiger charge is 2.58. The second-order valence-electron chi connectivity index (χ2n) is 17.1. The molecule has 3 fully saturated rings. The van der Waals surface area contributed by atoms with Crippen LogP contribution in [0.4, 0.5) is 0 Å². The summed E-state index contributed by atoms with van der Waals surface area (Å²) in [5.41, 5.74) is 0.191. The molecule has 3 aliphatic heterocycles. The third-order valence-corrected chi connectivity index (χ3v) is 12.2. The van der Waals surface area contributed by atoms with Gasteiger partial charge >= 0.3 is 29.8 Å². The van der Waals surface area contributed by atoms with Crippen molar-refractivity contribution in [2.24, 2.45) is 0 Å². The molecule has 3 saturated heterocycles. The molecule has 20 nitrogen and oxygen atoms in total. The first-order valence-corrected chi connectivity index (χ1v) is 23.2. The maximum Gasteiger partial charge on any atom is 0.338 e. The number of benzene rings is 5. The lowest BCUT2D eigenvalue weighted by Crippen LogP contribution is -2.67. The number of ether oxygens (including phenoxy) is 10. The van der Waals surface area contributed by atoms with Crippen molar-refractivity contribution in [3.05, 3.63) is 179 Å². The summed E-state index contributed by atoms with van der Waals surface area (Å²) < 4.78 is 61.1. The molecule has 5 aromatic carbocycles. The molecular weight excluding hydrogens is 957 g/mol. The normalized spacial score (nSPS) is 30.0. The molecule has 0 unspecified atom stereocenters. The van der Waals surface area contributed by atoms with E-state index in [1.165, 1.54) is 67.6 Å². The van der Waals surface area contributed by atoms with Crippen LogP contribution in [0.5, 0.6) is 0 Å². The molecule has 5 aromatic rings. The van der Waals surface area contributed by atoms with Crippen LogP contribution in [0.2, 0.25) is 0 Å². The van der Waals surface area contributed by atoms with E-state index in [4.69, 9.17) is 47.4 Å². The number of aliphatic hydroxyl groups is 5. The summed E-state index contributed by atoms with van der Waals surface area (Å²) in [7, 11) is 0. The van der Waals surface area contributed by atoms with Crippen molar-refractivity contribution >= 4 is 29.8 Å². The molecular formula is C53H52O20. The van der Waals surface area contributed by atoms with Crippen molar-refractivity contribution in [1.29, 1.82) is 0 Å². The highest BCUT2D eigenvalue weighted by molar-refractivity contribution is 5.92. The lowest BCUT2D eigenvalue weighted by Gasteiger charge is -2.49. The predicted octanol–water partition coefficient (Wildman–Crippen LogP) is 2.78. The number of carbonyl (C=O) groups is 5. The van der Waals surface area contributed by atoms with Gasteiger partial charge < -0.3 is 72.9 Å². The smallest absolute Gasteiger partial charge is 0.338 e. The van der Waals surface area contributed by atoms with Gasteiger partial charge in [-0.15, -0.1) is 0 Å². The zero-order valence-corrected chi connectivity index (χ0v) is 38.9. The van der Waals surface area contributed by atoms with Crippen LogP contribution in [0, 0.1) is 0 Å². The molecule has 20 heteroatoms. The molecule has 3 heterocycles. The maximum atomic E-state index is 14.2. The van der Waals surface area contributed by atoms with Gasteiger partial charge in [-0.3, -0.25) is 0 Å². The Morgan fingerprint density at radius 1 is 0.411 bits per heavy atom. The molecule has 0 saturated carbocycles. The predicted molar refractivity (Wildman–Crippen MR) is 248 cm³/mol. The van der Waals surface area contributed by atoms with Crippen LogP contribution in [0.1, 0.15) is 58.7 Å². The third-order valence-electron chi connectivity index (χ3n) is 12.2. The van der Waals surface area contributed by atoms with E-state index in [1.807, 2.05) is 0 Å². The van der Waals surface area contributed by atoms with E-state index in [-0.39, 0.29) is 27.8 Å². The maximum absolute atomic E-state index is 14.2. The second-order valence-corrected chi connectivity index (χ2v) is 17.1. The minimum absolute atomic E-state index is 0.00297. The Morgan fingerprint density at radius 2 is 0.795 bits per heavy atom. The SMILES string of the molecule is C[C@H]1O[C@@H](O[C@H]2[C@H](OC(=O)c3ccccc3)[C@@H](OC(=O)c3ccccc3)[C@H](O)O[C@@H]2COC(=O)c2ccccc2)[C@H](OC(=O)c2ccccc2)[C@@H](OC(=O)c2ccccc2)[C@H]1O[C@H]1O[C@H](CO)[C@H](O)[C@H](O)[C@H]1O. The molecule has 0 radical (unpaired) electrons. The van der Waals surface area contributed by atoms with Crippen LogP contribution in [-0.4, -0.2) is 161 Å². The number of hydrogen-bond acceptors (Lipinski definition) is 20. The number of carbonyl (C=O) groups excluding carboxylic acids is 5. The summed E-state index contributed by atoms with van der Waals surface area (Å²) in [6.45, 7) is -0.125. The summed E-state index contributed by atoms with van der Waals surface area (Å²) >= 11 is 0. The van der Waals surface area contributed by atoms with Crippen LogP contribution in [0.15, 0.2) is 152 Å². The van der Waals surface area contributed by atoms with Gasteiger partial charge in [-0.1, -0.05) is 91.0 Å². The Morgan fingerprint density at radius 3 is 1.23 bits per heavy atom. The van der Waals surface area contributed by atoms with Gasteiger partial charge in [0.25, 0.3) is 0 Å². The van der Waals surface area contributed by atoms with Crippen molar-refractivity contribution in [2.45, 2.75) is 99.0 Å². The van der Waals surface area contributed by atoms with Gasteiger partial charge in [0.15, 0.2) is 43.3 Å². The molecule has 15 atom stereocenters. The average Bonchev–Trinajstić information content (AvgIpc) is 3.42. The van der Waals surface area contributed by atoms with Gasteiger partial charge in [-0.2, -0.15) is 0 Å². The second kappa shape index (κ2) is 24.2. The quantitative estimate of drug-likeness (QED) is 0.0702. The van der Waals surface area contributed by atoms with E-state index in [9.17, 15) is 49.5 Å². The summed E-state index contributed by atoms with van der Waals surface area (Å²) in [6.07, 6.45) is -26.9. The summed E-state index contributed by atoms with van der Waals surface area (Å²) in [6, 6.07) is 38.4. The van der Waals surface area contributed by atoms with Crippen molar-refractivity contribution in [3.63, 3.8) is 0 Å². The Labute approximate surface area is 417 Å². The first kappa shape index (κ1) is 52.4. The summed E-state index contributed by atoms with van der Waals surface area (Å²) in [5.74, 6) is -4.83. The van der Waals surface area contributed by atoms with Gasteiger partial charge in [0.2, 0.25) is 0 Å². The first-order chi connectivity index (χ1) is 35.3. The fraction of sp³-hybridized carbons (Fsp3) is 0.340. The highest BCUT2D eigenvalue weighted by Crippen LogP contribution is 2.37. The lowest BCUT2D eigenvalue weighted by molar-refractivity contribution is -0.372. The Hall–Kier alpha value is -6.95. The van der Waals surface area contributed by atoms with E-state index < -0.39 is 135 Å². The third kappa shape index (κ3) is 12.5. The van der Waals surface area contributed by atoms with Crippen molar-refractivity contribution in [1.82, 2.24) is 0 Å². The van der Waals surface area contributed by atoms with Crippen LogP contribution in [0.25, 0.3) is 0 Å². The minimum atomic E-state index is -2.09. The van der Waals surface area contributed by atoms with Crippen LogP contribution < -0.4 is 0 Å². The van der Waals surface area contributed by atoms with E-state index in [0.717, 1.165) is 0 Å². The molecule has 73 heavy (non-hydrogen) atoms. The van der Waals surface area contributed by atoms with E-state index in [1.54, 1.807) is 91.0 Å². The van der Waals surface area contributed by atoms with Crippen LogP contribution >= 0.6 is 0 Å². The Bertz CT molecular complexity index is 2610. The topological polar surface area (TPSA) is 279 Å². The monoisotopic (exact) mass is 1010 g/mol. The van der Waals surface area contributed by atoms with E-state index in [2.05, 4.69) is 0 Å². The number of esters is 5. The van der Waals surface area contributed by atoms with E-state index in [0.29, 0.717) is 0 Å². The van der Waals surface area contributed by atoms with Crippen molar-refractivity contribution < 1.29 is 96.9 Å². The largest absolute Gasteiger partial charge is 0.459 e. The standard InChI is InChI=1S/C53H52O20/c1-29-40(72-52-39(57)38(56)37(55)35(27-54)67-52)42(68-47(59)31-19-9-3-10-20-31)45(71-50(62)34-25-15-6-16-26-34)53(65-29)73-41-36(28-64-46(58)30-17-7-2-8-18-30)66-51(63)44(70-49(61)33-23-13-5-14-24-33)43(41)69-48(60)32-21-11-4-12-22-32/h2-26,29,35-45,51-57,63H,27-28H2,1H3/t29-,35-,36-,37+,38+,39-,40+,41-,42+,43+,44-,45-,51-,52-,53+/m1/s1. The fourth-order valence-corrected chi connectivity index (χ4v) is 8.35. The molecule has 0 amide bonds. The molecule has 0 bridgehead atoms. The number of hydrogen-bond donors (Lipinski definition) is 5. The molecule has 0 aliphatic carbocycles. The zero-order valence-electron chi connectivity index (χ0n) is 38.9. The van der Waals surface area contributed by atoms with Crippen LogP contribution in [-0.2, 0) is 47.4 Å². The van der Waals surface area contributed by atoms with Gasteiger partial charge in [0.05, 0.1) is 40.5 Å². The van der Waals surface area contributed by atoms with Crippen LogP contribution in [0.3, 0.4) is 0 Å². The highest BCUT2D eigenvalue weighted by atomic mass is 16.8. The molecule has 8 rings (SSSR count).